The molecule has 1 saturated carbocycles. The predicted molar refractivity (Wildman–Crippen MR) is 77.2 cm³/mol. The fourth-order valence-electron chi connectivity index (χ4n) is 1.76. The quantitative estimate of drug-likeness (QED) is 0.841. The predicted octanol–water partition coefficient (Wildman–Crippen LogP) is 2.79. The molecule has 0 bridgehead atoms. The van der Waals surface area contributed by atoms with Crippen LogP contribution in [-0.4, -0.2) is 16.9 Å². The van der Waals surface area contributed by atoms with E-state index in [4.69, 9.17) is 41.2 Å². The van der Waals surface area contributed by atoms with Crippen molar-refractivity contribution in [3.05, 3.63) is 33.8 Å². The van der Waals surface area contributed by atoms with Gasteiger partial charge < -0.3 is 11.1 Å². The van der Waals surface area contributed by atoms with Crippen molar-refractivity contribution in [1.82, 2.24) is 5.32 Å². The molecule has 1 atom stereocenters. The van der Waals surface area contributed by atoms with Gasteiger partial charge in [0.2, 0.25) is 0 Å². The van der Waals surface area contributed by atoms with Crippen molar-refractivity contribution in [2.24, 2.45) is 11.7 Å². The second kappa shape index (κ2) is 5.43. The van der Waals surface area contributed by atoms with E-state index < -0.39 is 0 Å². The number of hydrogen-bond donors (Lipinski definition) is 2. The molecule has 0 radical (unpaired) electrons. The molecule has 1 aromatic carbocycles. The number of benzene rings is 1. The summed E-state index contributed by atoms with van der Waals surface area (Å²) in [4.78, 5) is 12.4. The van der Waals surface area contributed by atoms with Crippen LogP contribution < -0.4 is 11.1 Å². The first-order chi connectivity index (χ1) is 8.47. The molecule has 1 aromatic rings. The van der Waals surface area contributed by atoms with Gasteiger partial charge in [-0.2, -0.15) is 0 Å². The summed E-state index contributed by atoms with van der Waals surface area (Å²) >= 11 is 16.7. The van der Waals surface area contributed by atoms with Crippen molar-refractivity contribution in [3.8, 4) is 0 Å². The lowest BCUT2D eigenvalue weighted by atomic mass is 10.1. The highest BCUT2D eigenvalue weighted by Gasteiger charge is 2.34. The highest BCUT2D eigenvalue weighted by molar-refractivity contribution is 7.80. The third kappa shape index (κ3) is 3.34. The Morgan fingerprint density at radius 2 is 1.89 bits per heavy atom. The number of halogens is 2. The van der Waals surface area contributed by atoms with Gasteiger partial charge in [-0.3, -0.25) is 4.79 Å². The molecule has 2 rings (SSSR count). The summed E-state index contributed by atoms with van der Waals surface area (Å²) in [6.45, 7) is 0. The van der Waals surface area contributed by atoms with Gasteiger partial charge >= 0.3 is 0 Å². The number of nitrogens with two attached hydrogens (primary N) is 1. The summed E-state index contributed by atoms with van der Waals surface area (Å²) in [6.07, 6.45) is 2.08. The van der Waals surface area contributed by atoms with Gasteiger partial charge in [-0.05, 0) is 37.0 Å². The molecule has 0 heterocycles. The molecule has 0 aliphatic heterocycles. The molecule has 1 amide bonds. The first-order valence-electron chi connectivity index (χ1n) is 5.53. The minimum atomic E-state index is -0.260. The van der Waals surface area contributed by atoms with E-state index in [1.165, 1.54) is 0 Å². The van der Waals surface area contributed by atoms with Gasteiger partial charge in [0.15, 0.2) is 0 Å². The van der Waals surface area contributed by atoms with Gasteiger partial charge in [0.1, 0.15) is 0 Å². The molecule has 18 heavy (non-hydrogen) atoms. The standard InChI is InChI=1S/C12H12Cl2N2OS/c13-8-3-7(4-9(14)5-8)12(17)16-10(11(15)18)6-1-2-6/h3-6,10H,1-2H2,(H2,15,18)(H,16,17). The van der Waals surface area contributed by atoms with Gasteiger partial charge in [0.25, 0.3) is 5.91 Å². The molecule has 1 aliphatic carbocycles. The lowest BCUT2D eigenvalue weighted by Crippen LogP contribution is -2.45. The number of hydrogen-bond acceptors (Lipinski definition) is 2. The fraction of sp³-hybridized carbons (Fsp3) is 0.333. The van der Waals surface area contributed by atoms with Gasteiger partial charge in [-0.1, -0.05) is 35.4 Å². The maximum Gasteiger partial charge on any atom is 0.251 e. The number of carbonyl (C=O) groups excluding carboxylic acids is 1. The van der Waals surface area contributed by atoms with Crippen LogP contribution in [0.4, 0.5) is 0 Å². The Bertz CT molecular complexity index is 483. The number of thiocarbonyl (C=S) groups is 1. The zero-order valence-electron chi connectivity index (χ0n) is 9.45. The minimum Gasteiger partial charge on any atom is -0.392 e. The van der Waals surface area contributed by atoms with Crippen molar-refractivity contribution < 1.29 is 4.79 Å². The van der Waals surface area contributed by atoms with E-state index in [-0.39, 0.29) is 11.9 Å². The van der Waals surface area contributed by atoms with Crippen LogP contribution in [0.2, 0.25) is 10.0 Å². The zero-order valence-corrected chi connectivity index (χ0v) is 11.8. The Hall–Kier alpha value is -0.840. The van der Waals surface area contributed by atoms with Crippen LogP contribution in [0.25, 0.3) is 0 Å². The third-order valence-corrected chi connectivity index (χ3v) is 3.50. The third-order valence-electron chi connectivity index (χ3n) is 2.81. The molecule has 1 unspecified atom stereocenters. The van der Waals surface area contributed by atoms with E-state index in [0.29, 0.717) is 26.5 Å². The first-order valence-corrected chi connectivity index (χ1v) is 6.70. The van der Waals surface area contributed by atoms with Crippen LogP contribution in [0.3, 0.4) is 0 Å². The molecular weight excluding hydrogens is 291 g/mol. The summed E-state index contributed by atoms with van der Waals surface area (Å²) in [5, 5.41) is 3.67. The zero-order chi connectivity index (χ0) is 13.3. The van der Waals surface area contributed by atoms with Gasteiger partial charge in [0, 0.05) is 15.6 Å². The van der Waals surface area contributed by atoms with E-state index in [1.807, 2.05) is 0 Å². The van der Waals surface area contributed by atoms with Gasteiger partial charge in [-0.25, -0.2) is 0 Å². The Kier molecular flexibility index (Phi) is 4.10. The van der Waals surface area contributed by atoms with Crippen LogP contribution in [0.5, 0.6) is 0 Å². The largest absolute Gasteiger partial charge is 0.392 e. The molecule has 0 aromatic heterocycles. The molecule has 1 aliphatic rings. The van der Waals surface area contributed by atoms with Crippen molar-refractivity contribution in [3.63, 3.8) is 0 Å². The maximum absolute atomic E-state index is 12.1. The average molecular weight is 303 g/mol. The molecular formula is C12H12Cl2N2OS. The normalized spacial score (nSPS) is 16.1. The van der Waals surface area contributed by atoms with E-state index in [1.54, 1.807) is 18.2 Å². The van der Waals surface area contributed by atoms with Crippen LogP contribution >= 0.6 is 35.4 Å². The van der Waals surface area contributed by atoms with Crippen molar-refractivity contribution in [2.75, 3.05) is 0 Å². The molecule has 1 fully saturated rings. The summed E-state index contributed by atoms with van der Waals surface area (Å²) < 4.78 is 0. The molecule has 96 valence electrons. The van der Waals surface area contributed by atoms with E-state index in [0.717, 1.165) is 12.8 Å². The SMILES string of the molecule is NC(=S)C(NC(=O)c1cc(Cl)cc(Cl)c1)C1CC1. The molecule has 0 saturated heterocycles. The highest BCUT2D eigenvalue weighted by atomic mass is 35.5. The number of amides is 1. The van der Waals surface area contributed by atoms with Crippen LogP contribution in [0, 0.1) is 5.92 Å². The fourth-order valence-corrected chi connectivity index (χ4v) is 2.54. The topological polar surface area (TPSA) is 55.1 Å². The van der Waals surface area contributed by atoms with E-state index >= 15 is 0 Å². The summed E-state index contributed by atoms with van der Waals surface area (Å²) in [5.74, 6) is 0.102. The van der Waals surface area contributed by atoms with Crippen LogP contribution in [0.1, 0.15) is 23.2 Å². The summed E-state index contributed by atoms with van der Waals surface area (Å²) in [7, 11) is 0. The smallest absolute Gasteiger partial charge is 0.251 e. The number of rotatable bonds is 4. The summed E-state index contributed by atoms with van der Waals surface area (Å²) in [6, 6.07) is 4.45. The Morgan fingerprint density at radius 1 is 1.33 bits per heavy atom. The monoisotopic (exact) mass is 302 g/mol. The second-order valence-electron chi connectivity index (χ2n) is 4.35. The Balaban J connectivity index is 2.13. The minimum absolute atomic E-state index is 0.245. The van der Waals surface area contributed by atoms with Crippen molar-refractivity contribution in [2.45, 2.75) is 18.9 Å². The average Bonchev–Trinajstić information content (AvgIpc) is 3.07. The maximum atomic E-state index is 12.1. The highest BCUT2D eigenvalue weighted by Crippen LogP contribution is 2.33. The molecule has 3 N–H and O–H groups in total. The lowest BCUT2D eigenvalue weighted by molar-refractivity contribution is 0.0944. The first kappa shape index (κ1) is 13.6. The van der Waals surface area contributed by atoms with Crippen LogP contribution in [-0.2, 0) is 0 Å². The van der Waals surface area contributed by atoms with Crippen molar-refractivity contribution in [1.29, 1.82) is 0 Å². The summed E-state index contributed by atoms with van der Waals surface area (Å²) in [5.41, 5.74) is 6.04. The molecule has 3 nitrogen and oxygen atoms in total. The second-order valence-corrected chi connectivity index (χ2v) is 5.69. The van der Waals surface area contributed by atoms with Crippen molar-refractivity contribution >= 4 is 46.3 Å². The Morgan fingerprint density at radius 3 is 2.33 bits per heavy atom. The Labute approximate surface area is 121 Å². The van der Waals surface area contributed by atoms with E-state index in [2.05, 4.69) is 5.32 Å². The van der Waals surface area contributed by atoms with E-state index in [9.17, 15) is 4.79 Å². The lowest BCUT2D eigenvalue weighted by Gasteiger charge is -2.16. The number of carbonyl (C=O) groups is 1. The number of nitrogens with one attached hydrogen (secondary N) is 1. The molecule has 6 heteroatoms. The molecule has 0 spiro atoms. The van der Waals surface area contributed by atoms with Gasteiger partial charge in [-0.15, -0.1) is 0 Å². The van der Waals surface area contributed by atoms with Crippen LogP contribution in [0.15, 0.2) is 18.2 Å². The van der Waals surface area contributed by atoms with Gasteiger partial charge in [0.05, 0.1) is 11.0 Å².